The van der Waals surface area contributed by atoms with Crippen LogP contribution in [0.1, 0.15) is 84.5 Å². The largest absolute Gasteiger partial charge is 0.481 e. The van der Waals surface area contributed by atoms with Gasteiger partial charge in [-0.1, -0.05) is 76.3 Å². The van der Waals surface area contributed by atoms with Crippen molar-refractivity contribution in [2.24, 2.45) is 11.8 Å². The highest BCUT2D eigenvalue weighted by atomic mass is 16.4. The summed E-state index contributed by atoms with van der Waals surface area (Å²) < 4.78 is 0. The van der Waals surface area contributed by atoms with E-state index in [2.05, 4.69) is 38.2 Å². The first kappa shape index (κ1) is 24.4. The van der Waals surface area contributed by atoms with Crippen molar-refractivity contribution in [1.29, 1.82) is 0 Å². The van der Waals surface area contributed by atoms with E-state index in [4.69, 9.17) is 5.11 Å². The molecule has 0 spiro atoms. The summed E-state index contributed by atoms with van der Waals surface area (Å²) in [6.07, 6.45) is 24.1. The monoisotopic (exact) mass is 362 g/mol. The summed E-state index contributed by atoms with van der Waals surface area (Å²) in [7, 11) is 0. The molecular formula is C23H38O3. The van der Waals surface area contributed by atoms with E-state index in [0.29, 0.717) is 12.3 Å². The molecule has 1 N–H and O–H groups in total. The molecule has 3 heteroatoms. The Bertz CT molecular complexity index is 435. The molecule has 0 aromatic heterocycles. The van der Waals surface area contributed by atoms with Crippen LogP contribution in [0.15, 0.2) is 36.5 Å². The van der Waals surface area contributed by atoms with E-state index in [1.807, 2.05) is 6.08 Å². The molecule has 0 radical (unpaired) electrons. The maximum Gasteiger partial charge on any atom is 0.303 e. The molecule has 26 heavy (non-hydrogen) atoms. The van der Waals surface area contributed by atoms with Gasteiger partial charge in [0, 0.05) is 6.42 Å². The van der Waals surface area contributed by atoms with Crippen LogP contribution in [-0.4, -0.2) is 17.4 Å². The lowest BCUT2D eigenvalue weighted by Crippen LogP contribution is -2.12. The highest BCUT2D eigenvalue weighted by Crippen LogP contribution is 2.27. The number of hydrogen-bond donors (Lipinski definition) is 1. The van der Waals surface area contributed by atoms with Crippen LogP contribution < -0.4 is 0 Å². The van der Waals surface area contributed by atoms with Gasteiger partial charge in [-0.2, -0.15) is 0 Å². The Morgan fingerprint density at radius 1 is 0.846 bits per heavy atom. The van der Waals surface area contributed by atoms with Crippen LogP contribution >= 0.6 is 0 Å². The van der Waals surface area contributed by atoms with Crippen LogP contribution in [0.3, 0.4) is 0 Å². The molecule has 2 atom stereocenters. The zero-order valence-corrected chi connectivity index (χ0v) is 16.7. The second-order valence-electron chi connectivity index (χ2n) is 6.94. The first-order valence-electron chi connectivity index (χ1n) is 10.3. The van der Waals surface area contributed by atoms with E-state index in [-0.39, 0.29) is 12.3 Å². The lowest BCUT2D eigenvalue weighted by atomic mass is 9.83. The van der Waals surface area contributed by atoms with Crippen molar-refractivity contribution < 1.29 is 14.7 Å². The number of rotatable bonds is 17. The van der Waals surface area contributed by atoms with Crippen molar-refractivity contribution in [2.45, 2.75) is 84.5 Å². The van der Waals surface area contributed by atoms with Crippen LogP contribution in [0, 0.1) is 11.8 Å². The minimum absolute atomic E-state index is 0.205. The smallest absolute Gasteiger partial charge is 0.303 e. The van der Waals surface area contributed by atoms with Gasteiger partial charge in [-0.3, -0.25) is 9.59 Å². The first-order valence-corrected chi connectivity index (χ1v) is 10.3. The summed E-state index contributed by atoms with van der Waals surface area (Å²) >= 11 is 0. The summed E-state index contributed by atoms with van der Waals surface area (Å²) in [5, 5.41) is 8.91. The average molecular weight is 363 g/mol. The SMILES string of the molecule is CCCCC/C=C\C=C\C(CCCC(=O)O)C(/C=C/C=O)CCCCC. The molecule has 0 aliphatic heterocycles. The predicted molar refractivity (Wildman–Crippen MR) is 110 cm³/mol. The van der Waals surface area contributed by atoms with E-state index >= 15 is 0 Å². The molecule has 0 aliphatic rings. The number of carbonyl (C=O) groups is 2. The molecule has 0 aromatic rings. The van der Waals surface area contributed by atoms with Crippen LogP contribution in [0.5, 0.6) is 0 Å². The third-order valence-corrected chi connectivity index (χ3v) is 4.64. The predicted octanol–water partition coefficient (Wildman–Crippen LogP) is 6.50. The summed E-state index contributed by atoms with van der Waals surface area (Å²) in [6.45, 7) is 4.39. The number of carboxylic acids is 1. The quantitative estimate of drug-likeness (QED) is 0.139. The van der Waals surface area contributed by atoms with Gasteiger partial charge in [0.15, 0.2) is 0 Å². The van der Waals surface area contributed by atoms with Crippen LogP contribution in [0.25, 0.3) is 0 Å². The molecule has 0 aromatic carbocycles. The standard InChI is InChI=1S/C23H38O3/c1-3-5-7-8-9-10-12-16-21(17-13-19-23(25)26)22(18-14-20-24)15-11-6-4-2/h9-10,12,14,16,18,20-22H,3-8,11,13,15,17,19H2,1-2H3,(H,25,26)/b10-9-,16-12+,18-14+. The average Bonchev–Trinajstić information content (AvgIpc) is 2.62. The first-order chi connectivity index (χ1) is 12.7. The Morgan fingerprint density at radius 2 is 1.46 bits per heavy atom. The van der Waals surface area contributed by atoms with E-state index < -0.39 is 5.97 Å². The van der Waals surface area contributed by atoms with Crippen molar-refractivity contribution in [3.05, 3.63) is 36.5 Å². The van der Waals surface area contributed by atoms with Crippen molar-refractivity contribution in [1.82, 2.24) is 0 Å². The molecule has 2 unspecified atom stereocenters. The summed E-state index contributed by atoms with van der Waals surface area (Å²) in [5.41, 5.74) is 0. The van der Waals surface area contributed by atoms with Gasteiger partial charge < -0.3 is 5.11 Å². The molecular weight excluding hydrogens is 324 g/mol. The lowest BCUT2D eigenvalue weighted by molar-refractivity contribution is -0.137. The summed E-state index contributed by atoms with van der Waals surface area (Å²) in [4.78, 5) is 21.6. The number of hydrogen-bond acceptors (Lipinski definition) is 2. The maximum absolute atomic E-state index is 10.8. The maximum atomic E-state index is 10.8. The highest BCUT2D eigenvalue weighted by molar-refractivity contribution is 5.66. The van der Waals surface area contributed by atoms with Crippen LogP contribution in [0.2, 0.25) is 0 Å². The van der Waals surface area contributed by atoms with Gasteiger partial charge in [0.1, 0.15) is 6.29 Å². The number of aldehydes is 1. The van der Waals surface area contributed by atoms with Gasteiger partial charge in [0.2, 0.25) is 0 Å². The Labute approximate surface area is 160 Å². The van der Waals surface area contributed by atoms with Gasteiger partial charge >= 0.3 is 5.97 Å². The zero-order valence-electron chi connectivity index (χ0n) is 16.7. The third-order valence-electron chi connectivity index (χ3n) is 4.64. The Balaban J connectivity index is 4.84. The van der Waals surface area contributed by atoms with Gasteiger partial charge in [-0.25, -0.2) is 0 Å². The molecule has 0 fully saturated rings. The number of unbranched alkanes of at least 4 members (excludes halogenated alkanes) is 5. The van der Waals surface area contributed by atoms with Crippen molar-refractivity contribution >= 4 is 12.3 Å². The lowest BCUT2D eigenvalue weighted by Gasteiger charge is -2.22. The molecule has 3 nitrogen and oxygen atoms in total. The Hall–Kier alpha value is -1.64. The molecule has 0 rings (SSSR count). The molecule has 148 valence electrons. The highest BCUT2D eigenvalue weighted by Gasteiger charge is 2.16. The van der Waals surface area contributed by atoms with Crippen LogP contribution in [-0.2, 0) is 9.59 Å². The minimum Gasteiger partial charge on any atom is -0.481 e. The van der Waals surface area contributed by atoms with Crippen molar-refractivity contribution in [3.8, 4) is 0 Å². The second kappa shape index (κ2) is 18.2. The van der Waals surface area contributed by atoms with E-state index in [9.17, 15) is 9.59 Å². The molecule has 0 amide bonds. The molecule has 0 heterocycles. The number of carbonyl (C=O) groups excluding carboxylic acids is 1. The number of allylic oxidation sites excluding steroid dienone is 6. The molecule has 0 saturated carbocycles. The second-order valence-corrected chi connectivity index (χ2v) is 6.94. The van der Waals surface area contributed by atoms with Gasteiger partial charge in [0.25, 0.3) is 0 Å². The van der Waals surface area contributed by atoms with Gasteiger partial charge in [0.05, 0.1) is 0 Å². The van der Waals surface area contributed by atoms with Gasteiger partial charge in [-0.15, -0.1) is 0 Å². The third kappa shape index (κ3) is 14.7. The summed E-state index contributed by atoms with van der Waals surface area (Å²) in [5.74, 6) is -0.164. The Morgan fingerprint density at radius 3 is 2.08 bits per heavy atom. The summed E-state index contributed by atoms with van der Waals surface area (Å²) in [6, 6.07) is 0. The normalized spacial score (nSPS) is 14.4. The topological polar surface area (TPSA) is 54.4 Å². The van der Waals surface area contributed by atoms with E-state index in [1.54, 1.807) is 6.08 Å². The molecule has 0 saturated heterocycles. The van der Waals surface area contributed by atoms with E-state index in [0.717, 1.165) is 32.0 Å². The van der Waals surface area contributed by atoms with E-state index in [1.165, 1.54) is 32.1 Å². The van der Waals surface area contributed by atoms with Crippen molar-refractivity contribution in [2.75, 3.05) is 0 Å². The zero-order chi connectivity index (χ0) is 19.5. The minimum atomic E-state index is -0.741. The number of carboxylic acid groups (broad SMARTS) is 1. The Kier molecular flexibility index (Phi) is 17.0. The van der Waals surface area contributed by atoms with Crippen LogP contribution in [0.4, 0.5) is 0 Å². The molecule has 0 aliphatic carbocycles. The fourth-order valence-corrected chi connectivity index (χ4v) is 3.11. The van der Waals surface area contributed by atoms with Crippen molar-refractivity contribution in [3.63, 3.8) is 0 Å². The fraction of sp³-hybridized carbons (Fsp3) is 0.652. The molecule has 0 bridgehead atoms. The fourth-order valence-electron chi connectivity index (χ4n) is 3.11. The number of aliphatic carboxylic acids is 1. The van der Waals surface area contributed by atoms with Gasteiger partial charge in [-0.05, 0) is 50.0 Å².